The molecule has 2 aromatic carbocycles. The van der Waals surface area contributed by atoms with Crippen molar-refractivity contribution in [3.05, 3.63) is 65.1 Å². The Labute approximate surface area is 166 Å². The number of thioether (sulfide) groups is 1. The SMILES string of the molecule is O=C(O)CCCN1C(=O)/C(=C/c2ccc(Oc3ccccc3)cc2)SC1=S. The van der Waals surface area contributed by atoms with Crippen LogP contribution in [0.3, 0.4) is 0 Å². The van der Waals surface area contributed by atoms with Crippen LogP contribution in [0.25, 0.3) is 6.08 Å². The Kier molecular flexibility index (Phi) is 6.26. The minimum atomic E-state index is -0.881. The van der Waals surface area contributed by atoms with Gasteiger partial charge in [0.2, 0.25) is 0 Å². The predicted molar refractivity (Wildman–Crippen MR) is 110 cm³/mol. The van der Waals surface area contributed by atoms with Gasteiger partial charge in [-0.15, -0.1) is 0 Å². The fraction of sp³-hybridized carbons (Fsp3) is 0.150. The van der Waals surface area contributed by atoms with Crippen molar-refractivity contribution in [2.45, 2.75) is 12.8 Å². The molecule has 3 rings (SSSR count). The first kappa shape index (κ1) is 19.1. The van der Waals surface area contributed by atoms with Crippen LogP contribution in [0, 0.1) is 0 Å². The van der Waals surface area contributed by atoms with Gasteiger partial charge in [0, 0.05) is 13.0 Å². The molecule has 1 N–H and O–H groups in total. The molecule has 0 aliphatic carbocycles. The Bertz CT molecular complexity index is 879. The van der Waals surface area contributed by atoms with E-state index in [0.717, 1.165) is 11.3 Å². The van der Waals surface area contributed by atoms with Gasteiger partial charge < -0.3 is 9.84 Å². The van der Waals surface area contributed by atoms with Crippen molar-refractivity contribution in [1.29, 1.82) is 0 Å². The van der Waals surface area contributed by atoms with E-state index in [9.17, 15) is 9.59 Å². The molecule has 1 saturated heterocycles. The number of hydrogen-bond acceptors (Lipinski definition) is 5. The van der Waals surface area contributed by atoms with Crippen LogP contribution in [-0.2, 0) is 9.59 Å². The van der Waals surface area contributed by atoms with E-state index in [1.807, 2.05) is 54.6 Å². The Balaban J connectivity index is 1.65. The first-order valence-corrected chi connectivity index (χ1v) is 9.55. The Morgan fingerprint density at radius 3 is 2.44 bits per heavy atom. The summed E-state index contributed by atoms with van der Waals surface area (Å²) in [6.45, 7) is 0.318. The average molecular weight is 399 g/mol. The lowest BCUT2D eigenvalue weighted by atomic mass is 10.2. The number of thiocarbonyl (C=S) groups is 1. The van der Waals surface area contributed by atoms with Crippen molar-refractivity contribution in [2.24, 2.45) is 0 Å². The number of rotatable bonds is 7. The van der Waals surface area contributed by atoms with Crippen molar-refractivity contribution in [3.63, 3.8) is 0 Å². The summed E-state index contributed by atoms with van der Waals surface area (Å²) in [5, 5.41) is 8.72. The van der Waals surface area contributed by atoms with Gasteiger partial charge in [0.15, 0.2) is 0 Å². The van der Waals surface area contributed by atoms with Gasteiger partial charge >= 0.3 is 5.97 Å². The van der Waals surface area contributed by atoms with Gasteiger partial charge in [-0.3, -0.25) is 14.5 Å². The quantitative estimate of drug-likeness (QED) is 0.544. The highest BCUT2D eigenvalue weighted by molar-refractivity contribution is 8.26. The minimum absolute atomic E-state index is 0.0129. The smallest absolute Gasteiger partial charge is 0.303 e. The third kappa shape index (κ3) is 5.18. The van der Waals surface area contributed by atoms with Crippen LogP contribution in [0.15, 0.2) is 59.5 Å². The first-order valence-electron chi connectivity index (χ1n) is 8.33. The number of amides is 1. The van der Waals surface area contributed by atoms with Crippen LogP contribution in [0.2, 0.25) is 0 Å². The first-order chi connectivity index (χ1) is 13.0. The molecule has 1 aliphatic heterocycles. The fourth-order valence-corrected chi connectivity index (χ4v) is 3.80. The number of hydrogen-bond donors (Lipinski definition) is 1. The zero-order valence-electron chi connectivity index (χ0n) is 14.3. The molecule has 1 aliphatic rings. The van der Waals surface area contributed by atoms with Crippen molar-refractivity contribution >= 4 is 46.3 Å². The summed E-state index contributed by atoms with van der Waals surface area (Å²) in [6.07, 6.45) is 2.17. The molecule has 5 nitrogen and oxygen atoms in total. The average Bonchev–Trinajstić information content (AvgIpc) is 2.91. The maximum Gasteiger partial charge on any atom is 0.303 e. The molecule has 0 aromatic heterocycles. The van der Waals surface area contributed by atoms with Crippen LogP contribution in [0.5, 0.6) is 11.5 Å². The molecule has 0 radical (unpaired) electrons. The zero-order chi connectivity index (χ0) is 19.2. The van der Waals surface area contributed by atoms with Crippen molar-refractivity contribution in [2.75, 3.05) is 6.54 Å². The van der Waals surface area contributed by atoms with E-state index < -0.39 is 5.97 Å². The zero-order valence-corrected chi connectivity index (χ0v) is 16.0. The van der Waals surface area contributed by atoms with Crippen LogP contribution < -0.4 is 4.74 Å². The monoisotopic (exact) mass is 399 g/mol. The predicted octanol–water partition coefficient (Wildman–Crippen LogP) is 4.54. The van der Waals surface area contributed by atoms with E-state index in [1.165, 1.54) is 16.7 Å². The van der Waals surface area contributed by atoms with E-state index in [2.05, 4.69) is 0 Å². The summed E-state index contributed by atoms with van der Waals surface area (Å²) < 4.78 is 6.21. The van der Waals surface area contributed by atoms with Crippen molar-refractivity contribution < 1.29 is 19.4 Å². The van der Waals surface area contributed by atoms with Gasteiger partial charge in [-0.05, 0) is 42.3 Å². The van der Waals surface area contributed by atoms with E-state index >= 15 is 0 Å². The Morgan fingerprint density at radius 2 is 1.78 bits per heavy atom. The summed E-state index contributed by atoms with van der Waals surface area (Å²) in [5.41, 5.74) is 0.862. The van der Waals surface area contributed by atoms with Gasteiger partial charge in [-0.1, -0.05) is 54.3 Å². The molecule has 0 saturated carbocycles. The highest BCUT2D eigenvalue weighted by Crippen LogP contribution is 2.33. The second-order valence-electron chi connectivity index (χ2n) is 5.81. The number of para-hydroxylation sites is 1. The number of nitrogens with zero attached hydrogens (tertiary/aromatic N) is 1. The molecule has 138 valence electrons. The largest absolute Gasteiger partial charge is 0.481 e. The molecule has 1 heterocycles. The summed E-state index contributed by atoms with van der Waals surface area (Å²) in [4.78, 5) is 25.1. The Morgan fingerprint density at radius 1 is 1.11 bits per heavy atom. The van der Waals surface area contributed by atoms with E-state index in [0.29, 0.717) is 27.9 Å². The molecule has 0 atom stereocenters. The van der Waals surface area contributed by atoms with Crippen LogP contribution in [-0.4, -0.2) is 32.7 Å². The van der Waals surface area contributed by atoms with Gasteiger partial charge in [0.25, 0.3) is 5.91 Å². The molecular weight excluding hydrogens is 382 g/mol. The highest BCUT2D eigenvalue weighted by Gasteiger charge is 2.31. The van der Waals surface area contributed by atoms with Gasteiger partial charge in [0.05, 0.1) is 4.91 Å². The van der Waals surface area contributed by atoms with Crippen LogP contribution in [0.1, 0.15) is 18.4 Å². The maximum atomic E-state index is 12.5. The second-order valence-corrected chi connectivity index (χ2v) is 7.49. The van der Waals surface area contributed by atoms with E-state index in [4.69, 9.17) is 22.1 Å². The van der Waals surface area contributed by atoms with Crippen LogP contribution in [0.4, 0.5) is 0 Å². The standard InChI is InChI=1S/C20H17NO4S2/c22-18(23)7-4-12-21-19(24)17(27-20(21)26)13-14-8-10-16(11-9-14)25-15-5-2-1-3-6-15/h1-3,5-6,8-11,13H,4,7,12H2,(H,22,23)/b17-13-. The maximum absolute atomic E-state index is 12.5. The normalized spacial score (nSPS) is 15.4. The van der Waals surface area contributed by atoms with E-state index in [-0.39, 0.29) is 12.3 Å². The molecule has 27 heavy (non-hydrogen) atoms. The second kappa shape index (κ2) is 8.83. The molecule has 1 fully saturated rings. The van der Waals surface area contributed by atoms with Gasteiger partial charge in [-0.2, -0.15) is 0 Å². The summed E-state index contributed by atoms with van der Waals surface area (Å²) >= 11 is 6.48. The highest BCUT2D eigenvalue weighted by atomic mass is 32.2. The number of ether oxygens (including phenoxy) is 1. The molecule has 2 aromatic rings. The number of carbonyl (C=O) groups excluding carboxylic acids is 1. The van der Waals surface area contributed by atoms with Crippen LogP contribution >= 0.6 is 24.0 Å². The summed E-state index contributed by atoms with van der Waals surface area (Å²) in [7, 11) is 0. The molecule has 0 bridgehead atoms. The lowest BCUT2D eigenvalue weighted by Crippen LogP contribution is -2.29. The number of aliphatic carboxylic acids is 1. The number of carboxylic acid groups (broad SMARTS) is 1. The number of benzene rings is 2. The minimum Gasteiger partial charge on any atom is -0.481 e. The number of carboxylic acids is 1. The fourth-order valence-electron chi connectivity index (χ4n) is 2.49. The Hall–Kier alpha value is -2.64. The van der Waals surface area contributed by atoms with E-state index in [1.54, 1.807) is 6.08 Å². The third-order valence-electron chi connectivity index (χ3n) is 3.80. The number of carbonyl (C=O) groups is 2. The lowest BCUT2D eigenvalue weighted by Gasteiger charge is -2.13. The lowest BCUT2D eigenvalue weighted by molar-refractivity contribution is -0.137. The van der Waals surface area contributed by atoms with Gasteiger partial charge in [0.1, 0.15) is 15.8 Å². The topological polar surface area (TPSA) is 66.8 Å². The molecule has 0 unspecified atom stereocenters. The molecule has 1 amide bonds. The van der Waals surface area contributed by atoms with Crippen molar-refractivity contribution in [3.8, 4) is 11.5 Å². The molecule has 0 spiro atoms. The molecular formula is C20H17NO4S2. The summed E-state index contributed by atoms with van der Waals surface area (Å²) in [6, 6.07) is 16.9. The van der Waals surface area contributed by atoms with Crippen molar-refractivity contribution in [1.82, 2.24) is 4.90 Å². The van der Waals surface area contributed by atoms with Gasteiger partial charge in [-0.25, -0.2) is 0 Å². The summed E-state index contributed by atoms with van der Waals surface area (Å²) in [5.74, 6) is 0.404. The third-order valence-corrected chi connectivity index (χ3v) is 5.18. The molecule has 7 heteroatoms.